The van der Waals surface area contributed by atoms with Crippen molar-refractivity contribution in [3.63, 3.8) is 0 Å². The molecule has 3 fully saturated rings. The first kappa shape index (κ1) is 22.5. The van der Waals surface area contributed by atoms with E-state index in [0.29, 0.717) is 17.8 Å². The summed E-state index contributed by atoms with van der Waals surface area (Å²) in [7, 11) is 12.4. The third-order valence-corrected chi connectivity index (χ3v) is 9.04. The van der Waals surface area contributed by atoms with Crippen molar-refractivity contribution in [1.82, 2.24) is 0 Å². The third kappa shape index (κ3) is 3.56. The predicted molar refractivity (Wildman–Crippen MR) is 110 cm³/mol. The van der Waals surface area contributed by atoms with Gasteiger partial charge in [-0.15, -0.1) is 0 Å². The lowest BCUT2D eigenvalue weighted by atomic mass is 9.51. The van der Waals surface area contributed by atoms with Gasteiger partial charge in [0, 0.05) is 18.3 Å². The zero-order valence-electron chi connectivity index (χ0n) is 18.8. The molecule has 0 radical (unpaired) electrons. The summed E-state index contributed by atoms with van der Waals surface area (Å²) in [6.45, 7) is 11.2. The van der Waals surface area contributed by atoms with E-state index in [4.69, 9.17) is 4.74 Å². The van der Waals surface area contributed by atoms with Crippen LogP contribution in [0.2, 0.25) is 0 Å². The van der Waals surface area contributed by atoms with Crippen LogP contribution in [0.3, 0.4) is 0 Å². The van der Waals surface area contributed by atoms with Crippen LogP contribution in [-0.2, 0) is 4.74 Å². The van der Waals surface area contributed by atoms with Crippen LogP contribution in [0.1, 0.15) is 73.1 Å². The Labute approximate surface area is 172 Å². The van der Waals surface area contributed by atoms with Crippen LogP contribution in [0, 0.1) is 38.9 Å². The van der Waals surface area contributed by atoms with Crippen LogP contribution in [0.25, 0.3) is 0 Å². The van der Waals surface area contributed by atoms with Gasteiger partial charge in [0.15, 0.2) is 0 Å². The molecule has 0 amide bonds. The fraction of sp³-hybridized carbons (Fsp3) is 0.870. The number of fused-ring (bicyclic) bond motifs is 1. The summed E-state index contributed by atoms with van der Waals surface area (Å²) >= 11 is 0. The minimum Gasteiger partial charge on any atom is -0.474 e. The average Bonchev–Trinajstić information content (AvgIpc) is 3.05. The molecule has 0 aromatic rings. The van der Waals surface area contributed by atoms with Gasteiger partial charge in [0.05, 0.1) is 22.7 Å². The van der Waals surface area contributed by atoms with Gasteiger partial charge < -0.3 is 25.8 Å². The van der Waals surface area contributed by atoms with Gasteiger partial charge in [-0.2, -0.15) is 21.1 Å². The van der Waals surface area contributed by atoms with Gasteiger partial charge in [0.2, 0.25) is 0 Å². The smallest absolute Gasteiger partial charge is 0.111 e. The van der Waals surface area contributed by atoms with E-state index in [2.05, 4.69) is 54.2 Å². The Hall–Kier alpha value is -0.200. The normalized spacial score (nSPS) is 49.8. The van der Waals surface area contributed by atoms with Gasteiger partial charge in [-0.3, -0.25) is 0 Å². The van der Waals surface area contributed by atoms with Crippen LogP contribution in [0.4, 0.5) is 0 Å². The second-order valence-electron chi connectivity index (χ2n) is 11.2. The molecule has 7 N–H and O–H groups in total. The number of hydrogen-bond donors (Lipinski definition) is 4. The number of aliphatic hydroxyl groups is 1. The van der Waals surface area contributed by atoms with Crippen molar-refractivity contribution in [3.8, 4) is 0 Å². The van der Waals surface area contributed by atoms with Crippen molar-refractivity contribution in [2.75, 3.05) is 0 Å². The molecule has 1 aliphatic heterocycles. The maximum Gasteiger partial charge on any atom is 0.111 e. The third-order valence-electron chi connectivity index (χ3n) is 9.04. The zero-order chi connectivity index (χ0) is 21.0. The van der Waals surface area contributed by atoms with Gasteiger partial charge >= 0.3 is 0 Å². The molecule has 0 bridgehead atoms. The maximum atomic E-state index is 11.2. The highest BCUT2D eigenvalue weighted by Crippen LogP contribution is 2.55. The largest absolute Gasteiger partial charge is 0.474 e. The molecule has 2 saturated carbocycles. The topological polar surface area (TPSA) is 79.3 Å². The number of quaternary nitrogens is 3. The Morgan fingerprint density at radius 1 is 0.964 bits per heavy atom. The van der Waals surface area contributed by atoms with Crippen LogP contribution in [0.5, 0.6) is 0 Å². The summed E-state index contributed by atoms with van der Waals surface area (Å²) in [5, 5.41) is 17.5. The van der Waals surface area contributed by atoms with E-state index in [1.807, 2.05) is 17.6 Å². The van der Waals surface area contributed by atoms with Crippen molar-refractivity contribution in [1.29, 1.82) is 0 Å². The summed E-state index contributed by atoms with van der Waals surface area (Å²) < 4.78 is 6.84. The molecule has 0 unspecified atom stereocenters. The highest BCUT2D eigenvalue weighted by molar-refractivity contribution is 5.10. The van der Waals surface area contributed by atoms with Gasteiger partial charge in [0.25, 0.3) is 0 Å². The molecule has 2 aliphatic carbocycles. The molecule has 164 valence electrons. The molecular formula is C23H45N3O2. The molecule has 3 aliphatic rings. The minimum atomic E-state index is -0.685. The molecule has 0 spiro atoms. The predicted octanol–water partition coefficient (Wildman–Crippen LogP) is 0.0822. The van der Waals surface area contributed by atoms with Crippen molar-refractivity contribution in [2.24, 2.45) is 17.8 Å². The lowest BCUT2D eigenvalue weighted by Gasteiger charge is -2.59. The van der Waals surface area contributed by atoms with Crippen molar-refractivity contribution < 1.29 is 25.8 Å². The van der Waals surface area contributed by atoms with E-state index >= 15 is 0 Å². The van der Waals surface area contributed by atoms with E-state index in [1.165, 1.54) is 0 Å². The maximum absolute atomic E-state index is 11.2. The molecule has 8 atom stereocenters. The number of rotatable bonds is 5. The van der Waals surface area contributed by atoms with Gasteiger partial charge in [-0.25, -0.2) is 0 Å². The molecule has 5 heteroatoms. The van der Waals surface area contributed by atoms with Crippen molar-refractivity contribution in [2.45, 2.75) is 108 Å². The van der Waals surface area contributed by atoms with Crippen molar-refractivity contribution in [3.05, 3.63) is 21.1 Å². The van der Waals surface area contributed by atoms with Gasteiger partial charge in [-0.1, -0.05) is 0 Å². The number of hydrogen-bond acceptors (Lipinski definition) is 2. The Kier molecular flexibility index (Phi) is 6.02. The Bertz CT molecular complexity index is 566. The fourth-order valence-corrected chi connectivity index (χ4v) is 6.78. The first-order valence-corrected chi connectivity index (χ1v) is 11.2. The second-order valence-corrected chi connectivity index (χ2v) is 11.2. The number of nitrogens with two attached hydrogens (primary N) is 3. The van der Waals surface area contributed by atoms with E-state index in [-0.39, 0.29) is 28.8 Å². The minimum absolute atomic E-state index is 0.0165. The highest BCUT2D eigenvalue weighted by atomic mass is 16.5. The monoisotopic (exact) mass is 395 g/mol. The van der Waals surface area contributed by atoms with Crippen LogP contribution < -0.4 is 16.0 Å². The SMILES string of the molecule is [CH2-][NH2+][C@@H]1[C@@H]2[C@@H]([C@@]3(C)CC[C@@H](C(C)(C)[NH2+][CH2-])O3)CC[C@](C)([NH2+][CH2-])[C@H]2CC[C@@]1(C)O. The second kappa shape index (κ2) is 7.49. The fourth-order valence-electron chi connectivity index (χ4n) is 6.78. The standard InChI is InChI=1S/C23H45N3O2/c1-20(2,25-7)17-11-14-23(5,28-17)16-9-12-21(3,26-8)15-10-13-22(4,27)19(24-6)18(15)16/h15-19,27H,6-14,24-26H2,1-5H3/t15-,16-,17-,18-,19+,21-,22+,23+/m0/s1. The summed E-state index contributed by atoms with van der Waals surface area (Å²) in [6, 6.07) is 0.0997. The average molecular weight is 396 g/mol. The first-order valence-electron chi connectivity index (χ1n) is 11.2. The Balaban J connectivity index is 1.94. The Morgan fingerprint density at radius 3 is 2.18 bits per heavy atom. The zero-order valence-corrected chi connectivity index (χ0v) is 18.8. The quantitative estimate of drug-likeness (QED) is 0.498. The van der Waals surface area contributed by atoms with Crippen LogP contribution >= 0.6 is 0 Å². The van der Waals surface area contributed by atoms with Gasteiger partial charge in [-0.05, 0) is 72.6 Å². The summed E-state index contributed by atoms with van der Waals surface area (Å²) in [5.74, 6) is 1.35. The summed E-state index contributed by atoms with van der Waals surface area (Å²) in [6.07, 6.45) is 6.55. The first-order chi connectivity index (χ1) is 12.9. The summed E-state index contributed by atoms with van der Waals surface area (Å²) in [4.78, 5) is 0. The van der Waals surface area contributed by atoms with Gasteiger partial charge in [0.1, 0.15) is 11.7 Å². The molecule has 5 nitrogen and oxygen atoms in total. The van der Waals surface area contributed by atoms with E-state index in [0.717, 1.165) is 38.5 Å². The number of ether oxygens (including phenoxy) is 1. The Morgan fingerprint density at radius 2 is 1.61 bits per heavy atom. The lowest BCUT2D eigenvalue weighted by molar-refractivity contribution is -0.704. The summed E-state index contributed by atoms with van der Waals surface area (Å²) in [5.41, 5.74) is -0.717. The van der Waals surface area contributed by atoms with E-state index in [9.17, 15) is 5.11 Å². The molecule has 0 aromatic heterocycles. The van der Waals surface area contributed by atoms with Crippen LogP contribution in [0.15, 0.2) is 0 Å². The molecule has 0 aromatic carbocycles. The molecule has 1 heterocycles. The molecule has 1 saturated heterocycles. The molecular weight excluding hydrogens is 350 g/mol. The van der Waals surface area contributed by atoms with Crippen molar-refractivity contribution >= 4 is 0 Å². The lowest BCUT2D eigenvalue weighted by Crippen LogP contribution is -2.98. The highest BCUT2D eigenvalue weighted by Gasteiger charge is 2.62. The molecule has 28 heavy (non-hydrogen) atoms. The van der Waals surface area contributed by atoms with Crippen LogP contribution in [-0.4, -0.2) is 39.5 Å². The van der Waals surface area contributed by atoms with E-state index < -0.39 is 5.60 Å². The van der Waals surface area contributed by atoms with E-state index in [1.54, 1.807) is 0 Å². The molecule has 3 rings (SSSR count).